The van der Waals surface area contributed by atoms with Gasteiger partial charge in [0.25, 0.3) is 0 Å². The highest BCUT2D eigenvalue weighted by Crippen LogP contribution is 2.15. The van der Waals surface area contributed by atoms with Crippen molar-refractivity contribution in [1.29, 1.82) is 0 Å². The molecule has 1 unspecified atom stereocenters. The fourth-order valence-electron chi connectivity index (χ4n) is 3.59. The van der Waals surface area contributed by atoms with E-state index in [1.54, 1.807) is 0 Å². The van der Waals surface area contributed by atoms with Gasteiger partial charge in [-0.1, -0.05) is 59.6 Å². The molecule has 0 spiro atoms. The Balaban J connectivity index is 1.51. The van der Waals surface area contributed by atoms with Gasteiger partial charge in [-0.3, -0.25) is 9.69 Å². The second kappa shape index (κ2) is 11.1. The Hall–Kier alpha value is -2.38. The maximum atomic E-state index is 13.0. The Bertz CT molecular complexity index is 821. The molecule has 0 bridgehead atoms. The zero-order valence-corrected chi connectivity index (χ0v) is 18.9. The minimum absolute atomic E-state index is 0.00201. The van der Waals surface area contributed by atoms with Crippen molar-refractivity contribution in [2.24, 2.45) is 0 Å². The topological polar surface area (TPSA) is 64.7 Å². The van der Waals surface area contributed by atoms with Gasteiger partial charge in [0.15, 0.2) is 0 Å². The Morgan fingerprint density at radius 1 is 1.00 bits per heavy atom. The van der Waals surface area contributed by atoms with Crippen LogP contribution in [-0.4, -0.2) is 54.0 Å². The first-order chi connectivity index (χ1) is 14.5. The van der Waals surface area contributed by atoms with E-state index in [9.17, 15) is 9.59 Å². The number of nitrogens with one attached hydrogen (secondary N) is 2. The average Bonchev–Trinajstić information content (AvgIpc) is 2.76. The van der Waals surface area contributed by atoms with E-state index in [1.165, 1.54) is 5.56 Å². The van der Waals surface area contributed by atoms with Crippen LogP contribution in [0.5, 0.6) is 0 Å². The van der Waals surface area contributed by atoms with E-state index in [4.69, 9.17) is 0 Å². The van der Waals surface area contributed by atoms with E-state index in [-0.39, 0.29) is 11.9 Å². The molecule has 0 radical (unpaired) electrons. The summed E-state index contributed by atoms with van der Waals surface area (Å²) in [5.41, 5.74) is 1.97. The van der Waals surface area contributed by atoms with Crippen molar-refractivity contribution in [3.8, 4) is 0 Å². The zero-order chi connectivity index (χ0) is 21.3. The smallest absolute Gasteiger partial charge is 0.319 e. The van der Waals surface area contributed by atoms with Crippen LogP contribution in [-0.2, 0) is 11.3 Å². The van der Waals surface area contributed by atoms with Gasteiger partial charge in [0.05, 0.1) is 0 Å². The van der Waals surface area contributed by atoms with Crippen LogP contribution in [0.15, 0.2) is 59.1 Å². The zero-order valence-electron chi connectivity index (χ0n) is 17.3. The highest BCUT2D eigenvalue weighted by Gasteiger charge is 2.28. The number of hydrogen-bond donors (Lipinski definition) is 2. The van der Waals surface area contributed by atoms with E-state index >= 15 is 0 Å². The van der Waals surface area contributed by atoms with E-state index < -0.39 is 6.04 Å². The number of nitrogens with zero attached hydrogens (tertiary/aromatic N) is 2. The quantitative estimate of drug-likeness (QED) is 0.637. The van der Waals surface area contributed by atoms with Gasteiger partial charge in [-0.05, 0) is 36.2 Å². The number of carbonyl (C=O) groups is 2. The molecule has 0 aliphatic carbocycles. The number of carbonyl (C=O) groups excluding carboxylic acids is 2. The van der Waals surface area contributed by atoms with Crippen LogP contribution in [0.1, 0.15) is 25.3 Å². The highest BCUT2D eigenvalue weighted by atomic mass is 79.9. The first kappa shape index (κ1) is 22.3. The van der Waals surface area contributed by atoms with Gasteiger partial charge in [-0.15, -0.1) is 0 Å². The summed E-state index contributed by atoms with van der Waals surface area (Å²) in [6, 6.07) is 16.9. The van der Waals surface area contributed by atoms with Gasteiger partial charge in [0.2, 0.25) is 5.91 Å². The Morgan fingerprint density at radius 3 is 2.30 bits per heavy atom. The fourth-order valence-corrected chi connectivity index (χ4v) is 3.86. The first-order valence-electron chi connectivity index (χ1n) is 10.4. The van der Waals surface area contributed by atoms with Crippen molar-refractivity contribution in [3.63, 3.8) is 0 Å². The molecule has 1 fully saturated rings. The average molecular weight is 473 g/mol. The van der Waals surface area contributed by atoms with Gasteiger partial charge in [0, 0.05) is 42.9 Å². The predicted octanol–water partition coefficient (Wildman–Crippen LogP) is 4.08. The summed E-state index contributed by atoms with van der Waals surface area (Å²) in [4.78, 5) is 29.7. The van der Waals surface area contributed by atoms with Gasteiger partial charge < -0.3 is 15.5 Å². The van der Waals surface area contributed by atoms with Crippen molar-refractivity contribution < 1.29 is 9.59 Å². The van der Waals surface area contributed by atoms with Crippen molar-refractivity contribution in [3.05, 3.63) is 64.6 Å². The number of halogens is 1. The number of benzene rings is 2. The van der Waals surface area contributed by atoms with Crippen LogP contribution in [0.3, 0.4) is 0 Å². The molecule has 1 aliphatic heterocycles. The standard InChI is InChI=1S/C23H29BrN4O2/c1-2-6-21(26-23(30)25-20-11-9-19(24)10-12-20)22(29)28-15-13-27(14-16-28)17-18-7-4-3-5-8-18/h3-5,7-12,21H,2,6,13-17H2,1H3,(H2,25,26,30). The maximum absolute atomic E-state index is 13.0. The number of hydrogen-bond acceptors (Lipinski definition) is 3. The lowest BCUT2D eigenvalue weighted by Crippen LogP contribution is -2.55. The number of piperazine rings is 1. The second-order valence-electron chi connectivity index (χ2n) is 7.53. The molecule has 160 valence electrons. The van der Waals surface area contributed by atoms with Crippen molar-refractivity contribution in [2.75, 3.05) is 31.5 Å². The molecule has 0 saturated carbocycles. The third-order valence-electron chi connectivity index (χ3n) is 5.22. The van der Waals surface area contributed by atoms with Crippen LogP contribution in [0.2, 0.25) is 0 Å². The molecule has 2 aromatic carbocycles. The molecule has 2 aromatic rings. The number of anilines is 1. The van der Waals surface area contributed by atoms with Crippen LogP contribution < -0.4 is 10.6 Å². The maximum Gasteiger partial charge on any atom is 0.319 e. The van der Waals surface area contributed by atoms with Crippen LogP contribution >= 0.6 is 15.9 Å². The van der Waals surface area contributed by atoms with Crippen LogP contribution in [0, 0.1) is 0 Å². The molecule has 0 aromatic heterocycles. The summed E-state index contributed by atoms with van der Waals surface area (Å²) >= 11 is 3.38. The predicted molar refractivity (Wildman–Crippen MR) is 123 cm³/mol. The van der Waals surface area contributed by atoms with Crippen molar-refractivity contribution >= 4 is 33.6 Å². The summed E-state index contributed by atoms with van der Waals surface area (Å²) in [6.07, 6.45) is 1.44. The molecule has 1 heterocycles. The number of amides is 3. The van der Waals surface area contributed by atoms with Crippen LogP contribution in [0.25, 0.3) is 0 Å². The normalized spacial score (nSPS) is 15.5. The fraction of sp³-hybridized carbons (Fsp3) is 0.391. The summed E-state index contributed by atoms with van der Waals surface area (Å²) < 4.78 is 0.943. The molecule has 2 N–H and O–H groups in total. The Labute approximate surface area is 186 Å². The lowest BCUT2D eigenvalue weighted by molar-refractivity contribution is -0.135. The van der Waals surface area contributed by atoms with E-state index in [1.807, 2.05) is 42.2 Å². The summed E-state index contributed by atoms with van der Waals surface area (Å²) in [5, 5.41) is 5.66. The molecule has 1 atom stereocenters. The lowest BCUT2D eigenvalue weighted by Gasteiger charge is -2.36. The molecule has 7 heteroatoms. The summed E-state index contributed by atoms with van der Waals surface area (Å²) in [6.45, 7) is 5.96. The molecular weight excluding hydrogens is 444 g/mol. The summed E-state index contributed by atoms with van der Waals surface area (Å²) in [7, 11) is 0. The molecule has 30 heavy (non-hydrogen) atoms. The minimum atomic E-state index is -0.508. The van der Waals surface area contributed by atoms with Gasteiger partial charge in [-0.2, -0.15) is 0 Å². The van der Waals surface area contributed by atoms with Crippen LogP contribution in [0.4, 0.5) is 10.5 Å². The first-order valence-corrected chi connectivity index (χ1v) is 11.2. The monoisotopic (exact) mass is 472 g/mol. The molecule has 1 saturated heterocycles. The van der Waals surface area contributed by atoms with Crippen molar-refractivity contribution in [1.82, 2.24) is 15.1 Å². The number of urea groups is 1. The second-order valence-corrected chi connectivity index (χ2v) is 8.45. The van der Waals surface area contributed by atoms with Gasteiger partial charge in [0.1, 0.15) is 6.04 Å². The van der Waals surface area contributed by atoms with Gasteiger partial charge in [-0.25, -0.2) is 4.79 Å². The Kier molecular flexibility index (Phi) is 8.28. The van der Waals surface area contributed by atoms with Gasteiger partial charge >= 0.3 is 6.03 Å². The minimum Gasteiger partial charge on any atom is -0.338 e. The molecule has 3 rings (SSSR count). The molecule has 6 nitrogen and oxygen atoms in total. The highest BCUT2D eigenvalue weighted by molar-refractivity contribution is 9.10. The molecular formula is C23H29BrN4O2. The van der Waals surface area contributed by atoms with Crippen molar-refractivity contribution in [2.45, 2.75) is 32.4 Å². The van der Waals surface area contributed by atoms with E-state index in [2.05, 4.69) is 55.7 Å². The van der Waals surface area contributed by atoms with E-state index in [0.29, 0.717) is 25.2 Å². The third kappa shape index (κ3) is 6.57. The lowest BCUT2D eigenvalue weighted by atomic mass is 10.1. The Morgan fingerprint density at radius 2 is 1.67 bits per heavy atom. The third-order valence-corrected chi connectivity index (χ3v) is 5.74. The molecule has 1 aliphatic rings. The SMILES string of the molecule is CCCC(NC(=O)Nc1ccc(Br)cc1)C(=O)N1CCN(Cc2ccccc2)CC1. The number of rotatable bonds is 7. The summed E-state index contributed by atoms with van der Waals surface area (Å²) in [5.74, 6) is 0.00201. The largest absolute Gasteiger partial charge is 0.338 e. The van der Waals surface area contributed by atoms with E-state index in [0.717, 1.165) is 30.5 Å². The molecule has 3 amide bonds.